The monoisotopic (exact) mass is 353 g/mol. The summed E-state index contributed by atoms with van der Waals surface area (Å²) in [6.07, 6.45) is 6.10. The second-order valence-corrected chi connectivity index (χ2v) is 6.43. The zero-order chi connectivity index (χ0) is 16.7. The topological polar surface area (TPSA) is 84.2 Å². The highest BCUT2D eigenvalue weighted by atomic mass is 35.5. The van der Waals surface area contributed by atoms with Gasteiger partial charge in [-0.05, 0) is 56.0 Å². The van der Waals surface area contributed by atoms with Crippen molar-refractivity contribution in [3.8, 4) is 0 Å². The number of carbonyl (C=O) groups is 2. The van der Waals surface area contributed by atoms with Gasteiger partial charge in [-0.2, -0.15) is 0 Å². The Kier molecular flexibility index (Phi) is 8.22. The van der Waals surface area contributed by atoms with Gasteiger partial charge >= 0.3 is 0 Å². The summed E-state index contributed by atoms with van der Waals surface area (Å²) in [5.74, 6) is -0.0993. The normalized spacial score (nSPS) is 15.9. The lowest BCUT2D eigenvalue weighted by Crippen LogP contribution is -2.36. The number of rotatable bonds is 6. The first-order chi connectivity index (χ1) is 11.1. The molecule has 1 aliphatic carbocycles. The Labute approximate surface area is 150 Å². The van der Waals surface area contributed by atoms with Crippen molar-refractivity contribution in [2.75, 3.05) is 18.4 Å². The summed E-state index contributed by atoms with van der Waals surface area (Å²) in [5, 5.41) is 5.67. The van der Waals surface area contributed by atoms with Gasteiger partial charge in [0.25, 0.3) is 5.91 Å². The molecule has 0 spiro atoms. The fourth-order valence-electron chi connectivity index (χ4n) is 3.27. The highest BCUT2D eigenvalue weighted by molar-refractivity contribution is 5.95. The van der Waals surface area contributed by atoms with Gasteiger partial charge < -0.3 is 16.4 Å². The van der Waals surface area contributed by atoms with Gasteiger partial charge in [-0.25, -0.2) is 0 Å². The van der Waals surface area contributed by atoms with Gasteiger partial charge in [0, 0.05) is 24.2 Å². The Bertz CT molecular complexity index is 540. The van der Waals surface area contributed by atoms with Crippen LogP contribution in [0.1, 0.15) is 55.8 Å². The third-order valence-corrected chi connectivity index (χ3v) is 4.65. The maximum atomic E-state index is 12.3. The molecule has 0 atom stereocenters. The summed E-state index contributed by atoms with van der Waals surface area (Å²) >= 11 is 0. The van der Waals surface area contributed by atoms with Crippen LogP contribution in [0, 0.1) is 5.41 Å². The Morgan fingerprint density at radius 1 is 1.12 bits per heavy atom. The molecule has 0 aliphatic heterocycles. The highest BCUT2D eigenvalue weighted by Crippen LogP contribution is 2.38. The van der Waals surface area contributed by atoms with Crippen molar-refractivity contribution in [3.05, 3.63) is 29.8 Å². The quantitative estimate of drug-likeness (QED) is 0.734. The van der Waals surface area contributed by atoms with Crippen molar-refractivity contribution in [2.24, 2.45) is 11.1 Å². The molecule has 4 N–H and O–H groups in total. The van der Waals surface area contributed by atoms with E-state index in [9.17, 15) is 9.59 Å². The first-order valence-electron chi connectivity index (χ1n) is 8.47. The molecular formula is C18H28ClN3O2. The molecule has 24 heavy (non-hydrogen) atoms. The maximum absolute atomic E-state index is 12.3. The molecule has 5 nitrogen and oxygen atoms in total. The fraction of sp³-hybridized carbons (Fsp3) is 0.556. The lowest BCUT2D eigenvalue weighted by Gasteiger charge is -2.35. The Morgan fingerprint density at radius 3 is 2.29 bits per heavy atom. The number of anilines is 1. The molecule has 0 aromatic heterocycles. The van der Waals surface area contributed by atoms with Crippen LogP contribution in [0.15, 0.2) is 24.3 Å². The molecule has 134 valence electrons. The molecule has 6 heteroatoms. The minimum atomic E-state index is -0.102. The summed E-state index contributed by atoms with van der Waals surface area (Å²) in [6.45, 7) is 3.04. The molecule has 1 fully saturated rings. The fourth-order valence-corrected chi connectivity index (χ4v) is 3.27. The zero-order valence-corrected chi connectivity index (χ0v) is 15.1. The second-order valence-electron chi connectivity index (χ2n) is 6.43. The van der Waals surface area contributed by atoms with Crippen molar-refractivity contribution >= 4 is 29.9 Å². The molecule has 2 amide bonds. The van der Waals surface area contributed by atoms with Gasteiger partial charge in [-0.15, -0.1) is 12.4 Å². The van der Waals surface area contributed by atoms with Gasteiger partial charge in [-0.3, -0.25) is 9.59 Å². The number of benzene rings is 1. The van der Waals surface area contributed by atoms with Crippen LogP contribution in [-0.2, 0) is 4.79 Å². The van der Waals surface area contributed by atoms with Crippen LogP contribution >= 0.6 is 12.4 Å². The van der Waals surface area contributed by atoms with Crippen LogP contribution in [0.25, 0.3) is 0 Å². The van der Waals surface area contributed by atoms with E-state index in [1.54, 1.807) is 24.3 Å². The van der Waals surface area contributed by atoms with Crippen molar-refractivity contribution in [3.63, 3.8) is 0 Å². The summed E-state index contributed by atoms with van der Waals surface area (Å²) < 4.78 is 0. The van der Waals surface area contributed by atoms with Crippen LogP contribution in [0.3, 0.4) is 0 Å². The summed E-state index contributed by atoms with van der Waals surface area (Å²) in [4.78, 5) is 24.0. The number of carbonyl (C=O) groups excluding carboxylic acids is 2. The minimum Gasteiger partial charge on any atom is -0.352 e. The van der Waals surface area contributed by atoms with Gasteiger partial charge in [-0.1, -0.05) is 19.3 Å². The lowest BCUT2D eigenvalue weighted by atomic mass is 9.71. The number of nitrogens with one attached hydrogen (secondary N) is 2. The zero-order valence-electron chi connectivity index (χ0n) is 14.3. The summed E-state index contributed by atoms with van der Waals surface area (Å²) in [6, 6.07) is 6.97. The predicted molar refractivity (Wildman–Crippen MR) is 99.5 cm³/mol. The van der Waals surface area contributed by atoms with Crippen LogP contribution in [-0.4, -0.2) is 24.9 Å². The van der Waals surface area contributed by atoms with E-state index >= 15 is 0 Å². The molecule has 2 rings (SSSR count). The number of hydrogen-bond donors (Lipinski definition) is 3. The average molecular weight is 354 g/mol. The Balaban J connectivity index is 0.00000288. The van der Waals surface area contributed by atoms with Crippen molar-refractivity contribution in [1.82, 2.24) is 5.32 Å². The molecule has 0 bridgehead atoms. The van der Waals surface area contributed by atoms with Gasteiger partial charge in [0.2, 0.25) is 5.91 Å². The maximum Gasteiger partial charge on any atom is 0.251 e. The van der Waals surface area contributed by atoms with Crippen molar-refractivity contribution in [1.29, 1.82) is 0 Å². The molecule has 0 saturated heterocycles. The van der Waals surface area contributed by atoms with E-state index in [4.69, 9.17) is 5.73 Å². The average Bonchev–Trinajstić information content (AvgIpc) is 2.56. The number of nitrogens with two attached hydrogens (primary N) is 1. The molecule has 1 saturated carbocycles. The second kappa shape index (κ2) is 9.64. The predicted octanol–water partition coefficient (Wildman–Crippen LogP) is 3.10. The first-order valence-corrected chi connectivity index (χ1v) is 8.47. The highest BCUT2D eigenvalue weighted by Gasteiger charge is 2.32. The van der Waals surface area contributed by atoms with Gasteiger partial charge in [0.05, 0.1) is 0 Å². The Hall–Kier alpha value is -1.59. The molecular weight excluding hydrogens is 326 g/mol. The van der Waals surface area contributed by atoms with E-state index < -0.39 is 0 Å². The minimum absolute atomic E-state index is 0. The van der Waals surface area contributed by atoms with Crippen LogP contribution in [0.4, 0.5) is 5.69 Å². The van der Waals surface area contributed by atoms with Crippen LogP contribution < -0.4 is 16.4 Å². The summed E-state index contributed by atoms with van der Waals surface area (Å²) in [7, 11) is 0. The van der Waals surface area contributed by atoms with E-state index in [0.29, 0.717) is 30.8 Å². The van der Waals surface area contributed by atoms with Gasteiger partial charge in [0.15, 0.2) is 0 Å². The molecule has 0 radical (unpaired) electrons. The third-order valence-electron chi connectivity index (χ3n) is 4.65. The third kappa shape index (κ3) is 5.49. The SMILES string of the molecule is CCNC(=O)c1ccc(NC(=O)CC2(CN)CCCCC2)cc1.Cl. The molecule has 1 aliphatic rings. The number of hydrogen-bond acceptors (Lipinski definition) is 3. The van der Waals surface area contributed by atoms with Gasteiger partial charge in [0.1, 0.15) is 0 Å². The largest absolute Gasteiger partial charge is 0.352 e. The lowest BCUT2D eigenvalue weighted by molar-refractivity contribution is -0.118. The molecule has 0 heterocycles. The van der Waals surface area contributed by atoms with E-state index in [-0.39, 0.29) is 29.6 Å². The molecule has 0 unspecified atom stereocenters. The number of amides is 2. The molecule has 1 aromatic rings. The summed E-state index contributed by atoms with van der Waals surface area (Å²) in [5.41, 5.74) is 7.21. The first kappa shape index (κ1) is 20.5. The van der Waals surface area contributed by atoms with Crippen molar-refractivity contribution in [2.45, 2.75) is 45.4 Å². The van der Waals surface area contributed by atoms with E-state index in [0.717, 1.165) is 25.7 Å². The van der Waals surface area contributed by atoms with E-state index in [1.807, 2.05) is 6.92 Å². The standard InChI is InChI=1S/C18H27N3O2.ClH/c1-2-20-17(23)14-6-8-15(9-7-14)21-16(22)12-18(13-19)10-4-3-5-11-18;/h6-9H,2-5,10-13,19H2,1H3,(H,20,23)(H,21,22);1H. The Morgan fingerprint density at radius 2 is 1.75 bits per heavy atom. The van der Waals surface area contributed by atoms with E-state index in [1.165, 1.54) is 6.42 Å². The number of halogens is 1. The smallest absolute Gasteiger partial charge is 0.251 e. The molecule has 1 aromatic carbocycles. The van der Waals surface area contributed by atoms with E-state index in [2.05, 4.69) is 10.6 Å². The van der Waals surface area contributed by atoms with Crippen molar-refractivity contribution < 1.29 is 9.59 Å². The van der Waals surface area contributed by atoms with Crippen LogP contribution in [0.5, 0.6) is 0 Å². The van der Waals surface area contributed by atoms with Crippen LogP contribution in [0.2, 0.25) is 0 Å².